The predicted molar refractivity (Wildman–Crippen MR) is 95.5 cm³/mol. The van der Waals surface area contributed by atoms with Crippen LogP contribution in [-0.2, 0) is 4.74 Å². The number of hydrogen-bond donors (Lipinski definition) is 5. The van der Waals surface area contributed by atoms with E-state index in [1.807, 2.05) is 0 Å². The summed E-state index contributed by atoms with van der Waals surface area (Å²) in [4.78, 5) is 14.4. The quantitative estimate of drug-likeness (QED) is 0.452. The van der Waals surface area contributed by atoms with Gasteiger partial charge in [0.2, 0.25) is 5.56 Å². The van der Waals surface area contributed by atoms with E-state index in [4.69, 9.17) is 16.3 Å². The lowest BCUT2D eigenvalue weighted by Crippen LogP contribution is -2.48. The number of fused-ring (bicyclic) bond motifs is 1. The molecule has 1 aromatic heterocycles. The maximum Gasteiger partial charge on any atom is 0.249 e. The Bertz CT molecular complexity index is 822. The van der Waals surface area contributed by atoms with Crippen molar-refractivity contribution in [3.63, 3.8) is 0 Å². The Hall–Kier alpha value is -2.37. The number of nitrogens with one attached hydrogen (secondary N) is 2. The summed E-state index contributed by atoms with van der Waals surface area (Å²) in [6.07, 6.45) is 2.10. The molecule has 3 unspecified atom stereocenters. The van der Waals surface area contributed by atoms with E-state index in [0.717, 1.165) is 5.39 Å². The molecule has 0 spiro atoms. The van der Waals surface area contributed by atoms with E-state index in [1.54, 1.807) is 25.1 Å². The fourth-order valence-corrected chi connectivity index (χ4v) is 2.66. The number of ether oxygens (including phenoxy) is 1. The molecular weight excluding hydrogens is 324 g/mol. The van der Waals surface area contributed by atoms with Gasteiger partial charge in [-0.1, -0.05) is 5.92 Å². The van der Waals surface area contributed by atoms with Crippen LogP contribution in [0.25, 0.3) is 10.9 Å². The second-order valence-electron chi connectivity index (χ2n) is 5.82. The smallest absolute Gasteiger partial charge is 0.249 e. The topological polar surface area (TPSA) is 115 Å². The van der Waals surface area contributed by atoms with Gasteiger partial charge in [-0.2, -0.15) is 0 Å². The highest BCUT2D eigenvalue weighted by Gasteiger charge is 2.29. The lowest BCUT2D eigenvalue weighted by Gasteiger charge is -2.29. The zero-order valence-corrected chi connectivity index (χ0v) is 14.1. The van der Waals surface area contributed by atoms with Crippen LogP contribution < -0.4 is 10.9 Å². The number of hydrogen-bond acceptors (Lipinski definition) is 6. The van der Waals surface area contributed by atoms with Gasteiger partial charge < -0.3 is 30.4 Å². The first-order valence-electron chi connectivity index (χ1n) is 7.81. The molecule has 1 heterocycles. The first kappa shape index (κ1) is 19.0. The lowest BCUT2D eigenvalue weighted by atomic mass is 10.0. The average molecular weight is 346 g/mol. The van der Waals surface area contributed by atoms with Crippen molar-refractivity contribution < 1.29 is 20.1 Å². The van der Waals surface area contributed by atoms with E-state index in [-0.39, 0.29) is 5.56 Å². The normalized spacial score (nSPS) is 16.0. The maximum atomic E-state index is 11.7. The SMILES string of the molecule is C#Cc1cc(=O)[nH]c2cc(N[C@H](C)C(O)C(O)C(CO)OC)ccc12. The van der Waals surface area contributed by atoms with E-state index >= 15 is 0 Å². The molecule has 0 aliphatic heterocycles. The molecule has 0 radical (unpaired) electrons. The standard InChI is InChI=1S/C18H22N2O5/c1-4-11-7-16(22)20-14-8-12(5-6-13(11)14)19-10(2)17(23)18(24)15(9-21)25-3/h1,5-8,10,15,17-19,21,23-24H,9H2,2-3H3,(H,20,22)/t10-,15?,17?,18?/m1/s1. The third-order valence-corrected chi connectivity index (χ3v) is 4.12. The van der Waals surface area contributed by atoms with E-state index in [2.05, 4.69) is 16.2 Å². The first-order chi connectivity index (χ1) is 11.9. The largest absolute Gasteiger partial charge is 0.394 e. The highest BCUT2D eigenvalue weighted by Crippen LogP contribution is 2.21. The molecule has 7 heteroatoms. The summed E-state index contributed by atoms with van der Waals surface area (Å²) in [5.74, 6) is 2.48. The Morgan fingerprint density at radius 1 is 1.32 bits per heavy atom. The van der Waals surface area contributed by atoms with Gasteiger partial charge in [0.1, 0.15) is 18.3 Å². The summed E-state index contributed by atoms with van der Waals surface area (Å²) in [6, 6.07) is 6.05. The van der Waals surface area contributed by atoms with Crippen LogP contribution in [0.2, 0.25) is 0 Å². The van der Waals surface area contributed by atoms with Crippen LogP contribution in [0.1, 0.15) is 12.5 Å². The molecule has 0 aliphatic carbocycles. The zero-order valence-electron chi connectivity index (χ0n) is 14.1. The highest BCUT2D eigenvalue weighted by atomic mass is 16.5. The van der Waals surface area contributed by atoms with Crippen LogP contribution in [0.4, 0.5) is 5.69 Å². The molecule has 7 nitrogen and oxygen atoms in total. The molecule has 2 aromatic rings. The number of aliphatic hydroxyl groups is 3. The van der Waals surface area contributed by atoms with E-state index < -0.39 is 31.0 Å². The summed E-state index contributed by atoms with van der Waals surface area (Å²) in [5.41, 5.74) is 1.40. The Labute approximate surface area is 145 Å². The fourth-order valence-electron chi connectivity index (χ4n) is 2.66. The van der Waals surface area contributed by atoms with Gasteiger partial charge in [-0.15, -0.1) is 6.42 Å². The van der Waals surface area contributed by atoms with Crippen molar-refractivity contribution in [2.45, 2.75) is 31.3 Å². The predicted octanol–water partition coefficient (Wildman–Crippen LogP) is 0.0389. The highest BCUT2D eigenvalue weighted by molar-refractivity contribution is 5.87. The van der Waals surface area contributed by atoms with Crippen molar-refractivity contribution in [1.29, 1.82) is 0 Å². The van der Waals surface area contributed by atoms with Crippen LogP contribution in [0, 0.1) is 12.3 Å². The fraction of sp³-hybridized carbons (Fsp3) is 0.389. The van der Waals surface area contributed by atoms with E-state index in [1.165, 1.54) is 13.2 Å². The number of aliphatic hydroxyl groups excluding tert-OH is 3. The second-order valence-corrected chi connectivity index (χ2v) is 5.82. The molecule has 25 heavy (non-hydrogen) atoms. The molecule has 0 aliphatic rings. The van der Waals surface area contributed by atoms with Gasteiger partial charge in [0.15, 0.2) is 0 Å². The molecule has 0 saturated heterocycles. The third-order valence-electron chi connectivity index (χ3n) is 4.12. The Morgan fingerprint density at radius 2 is 2.04 bits per heavy atom. The number of aromatic amines is 1. The molecule has 4 atom stereocenters. The molecular formula is C18H22N2O5. The average Bonchev–Trinajstić information content (AvgIpc) is 2.60. The van der Waals surface area contributed by atoms with Crippen molar-refractivity contribution in [3.8, 4) is 12.3 Å². The minimum Gasteiger partial charge on any atom is -0.394 e. The van der Waals surface area contributed by atoms with Gasteiger partial charge >= 0.3 is 0 Å². The van der Waals surface area contributed by atoms with Crippen molar-refractivity contribution in [1.82, 2.24) is 4.98 Å². The van der Waals surface area contributed by atoms with Gasteiger partial charge in [-0.05, 0) is 25.1 Å². The number of rotatable bonds is 7. The number of aromatic nitrogens is 1. The molecule has 1 aromatic carbocycles. The molecule has 5 N–H and O–H groups in total. The maximum absolute atomic E-state index is 11.7. The minimum atomic E-state index is -1.26. The van der Waals surface area contributed by atoms with Gasteiger partial charge in [-0.3, -0.25) is 4.79 Å². The number of methoxy groups -OCH3 is 1. The molecule has 134 valence electrons. The summed E-state index contributed by atoms with van der Waals surface area (Å²) < 4.78 is 4.93. The number of pyridine rings is 1. The number of anilines is 1. The van der Waals surface area contributed by atoms with Crippen molar-refractivity contribution in [2.75, 3.05) is 19.0 Å². The first-order valence-corrected chi connectivity index (χ1v) is 7.81. The van der Waals surface area contributed by atoms with Crippen molar-refractivity contribution in [2.24, 2.45) is 0 Å². The molecule has 2 rings (SSSR count). The van der Waals surface area contributed by atoms with Crippen LogP contribution in [0.3, 0.4) is 0 Å². The van der Waals surface area contributed by atoms with E-state index in [0.29, 0.717) is 16.8 Å². The van der Waals surface area contributed by atoms with E-state index in [9.17, 15) is 15.0 Å². The van der Waals surface area contributed by atoms with Gasteiger partial charge in [-0.25, -0.2) is 0 Å². The Balaban J connectivity index is 2.22. The van der Waals surface area contributed by atoms with Gasteiger partial charge in [0, 0.05) is 29.8 Å². The van der Waals surface area contributed by atoms with Gasteiger partial charge in [0.25, 0.3) is 0 Å². The summed E-state index contributed by atoms with van der Waals surface area (Å²) in [5, 5.41) is 33.2. The lowest BCUT2D eigenvalue weighted by molar-refractivity contribution is -0.0953. The van der Waals surface area contributed by atoms with Crippen LogP contribution >= 0.6 is 0 Å². The molecule has 0 fully saturated rings. The zero-order chi connectivity index (χ0) is 18.6. The number of terminal acetylenes is 1. The summed E-state index contributed by atoms with van der Waals surface area (Å²) in [6.45, 7) is 1.27. The molecule has 0 amide bonds. The van der Waals surface area contributed by atoms with Crippen LogP contribution in [0.15, 0.2) is 29.1 Å². The molecule has 0 saturated carbocycles. The number of H-pyrrole nitrogens is 1. The number of benzene rings is 1. The van der Waals surface area contributed by atoms with Gasteiger partial charge in [0.05, 0.1) is 18.2 Å². The summed E-state index contributed by atoms with van der Waals surface area (Å²) in [7, 11) is 1.34. The monoisotopic (exact) mass is 346 g/mol. The van der Waals surface area contributed by atoms with Crippen LogP contribution in [-0.4, -0.2) is 58.4 Å². The van der Waals surface area contributed by atoms with Crippen LogP contribution in [0.5, 0.6) is 0 Å². The van der Waals surface area contributed by atoms with Crippen molar-refractivity contribution >= 4 is 16.6 Å². The summed E-state index contributed by atoms with van der Waals surface area (Å²) >= 11 is 0. The van der Waals surface area contributed by atoms with Crippen molar-refractivity contribution in [3.05, 3.63) is 40.2 Å². The Morgan fingerprint density at radius 3 is 2.64 bits per heavy atom. The second kappa shape index (κ2) is 8.14. The Kier molecular flexibility index (Phi) is 6.17. The molecule has 0 bridgehead atoms. The minimum absolute atomic E-state index is 0.299. The third kappa shape index (κ3) is 4.18.